The third-order valence-corrected chi connectivity index (χ3v) is 2.72. The number of nitrogens with two attached hydrogens (primary N) is 1. The number of nitrogens with one attached hydrogen (secondary N) is 1. The summed E-state index contributed by atoms with van der Waals surface area (Å²) in [5, 5.41) is 2.83. The molecule has 3 N–H and O–H groups in total. The van der Waals surface area contributed by atoms with E-state index in [1.807, 2.05) is 38.1 Å². The van der Waals surface area contributed by atoms with Crippen LogP contribution in [-0.4, -0.2) is 18.0 Å². The first-order valence-electron chi connectivity index (χ1n) is 6.27. The van der Waals surface area contributed by atoms with Crippen molar-refractivity contribution in [1.82, 2.24) is 5.32 Å². The highest BCUT2D eigenvalue weighted by molar-refractivity contribution is 5.94. The van der Waals surface area contributed by atoms with Crippen LogP contribution in [0.15, 0.2) is 24.3 Å². The van der Waals surface area contributed by atoms with Crippen molar-refractivity contribution in [3.8, 4) is 0 Å². The van der Waals surface area contributed by atoms with Gasteiger partial charge in [-0.05, 0) is 37.0 Å². The molecule has 0 spiro atoms. The topological polar surface area (TPSA) is 55.1 Å². The lowest BCUT2D eigenvalue weighted by Crippen LogP contribution is -2.45. The minimum atomic E-state index is -0.388. The zero-order valence-electron chi connectivity index (χ0n) is 12.0. The van der Waals surface area contributed by atoms with E-state index in [0.717, 1.165) is 0 Å². The molecule has 0 atom stereocenters. The minimum absolute atomic E-state index is 0.0750. The molecular formula is C15H24N2O. The van der Waals surface area contributed by atoms with Crippen LogP contribution in [0.4, 0.5) is 0 Å². The smallest absolute Gasteiger partial charge is 0.251 e. The molecule has 0 unspecified atom stereocenters. The first-order valence-corrected chi connectivity index (χ1v) is 6.27. The Hall–Kier alpha value is -1.35. The van der Waals surface area contributed by atoms with Crippen LogP contribution in [0, 0.1) is 0 Å². The molecule has 0 aliphatic rings. The number of carbonyl (C=O) groups excluding carboxylic acids is 1. The van der Waals surface area contributed by atoms with E-state index in [0.29, 0.717) is 12.1 Å². The summed E-state index contributed by atoms with van der Waals surface area (Å²) in [5.41, 5.74) is 7.44. The van der Waals surface area contributed by atoms with Crippen molar-refractivity contribution >= 4 is 5.91 Å². The van der Waals surface area contributed by atoms with Gasteiger partial charge in [-0.2, -0.15) is 0 Å². The van der Waals surface area contributed by atoms with Gasteiger partial charge in [-0.15, -0.1) is 0 Å². The van der Waals surface area contributed by atoms with E-state index in [4.69, 9.17) is 5.73 Å². The lowest BCUT2D eigenvalue weighted by molar-refractivity contribution is 0.0946. The van der Waals surface area contributed by atoms with Crippen molar-refractivity contribution in [2.75, 3.05) is 6.54 Å². The normalized spacial score (nSPS) is 12.3. The van der Waals surface area contributed by atoms with E-state index < -0.39 is 0 Å². The first-order chi connectivity index (χ1) is 8.09. The summed E-state index contributed by atoms with van der Waals surface area (Å²) in [6.45, 7) is 10.7. The summed E-state index contributed by atoms with van der Waals surface area (Å²) in [6, 6.07) is 7.73. The van der Waals surface area contributed by atoms with E-state index in [2.05, 4.69) is 26.1 Å². The fraction of sp³-hybridized carbons (Fsp3) is 0.533. The molecule has 0 fully saturated rings. The fourth-order valence-electron chi connectivity index (χ4n) is 1.53. The molecule has 0 bridgehead atoms. The molecule has 1 rings (SSSR count). The van der Waals surface area contributed by atoms with Crippen LogP contribution in [-0.2, 0) is 5.41 Å². The molecule has 0 radical (unpaired) electrons. The summed E-state index contributed by atoms with van der Waals surface area (Å²) in [7, 11) is 0. The van der Waals surface area contributed by atoms with Gasteiger partial charge < -0.3 is 11.1 Å². The molecule has 0 aliphatic heterocycles. The molecule has 0 saturated heterocycles. The van der Waals surface area contributed by atoms with Crippen LogP contribution < -0.4 is 11.1 Å². The maximum Gasteiger partial charge on any atom is 0.251 e. The average Bonchev–Trinajstić information content (AvgIpc) is 2.24. The molecule has 1 aromatic carbocycles. The standard InChI is InChI=1S/C15H24N2O/c1-14(2,3)12-8-6-11(7-9-12)13(18)17-10-15(4,5)16/h6-9H,10,16H2,1-5H3,(H,17,18). The second-order valence-electron chi connectivity index (χ2n) is 6.50. The Morgan fingerprint density at radius 1 is 1.11 bits per heavy atom. The summed E-state index contributed by atoms with van der Waals surface area (Å²) in [6.07, 6.45) is 0. The predicted octanol–water partition coefficient (Wildman–Crippen LogP) is 2.45. The van der Waals surface area contributed by atoms with Gasteiger partial charge in [0.15, 0.2) is 0 Å². The van der Waals surface area contributed by atoms with Crippen LogP contribution >= 0.6 is 0 Å². The van der Waals surface area contributed by atoms with E-state index in [-0.39, 0.29) is 16.9 Å². The quantitative estimate of drug-likeness (QED) is 0.863. The third-order valence-electron chi connectivity index (χ3n) is 2.72. The molecule has 0 saturated carbocycles. The number of rotatable bonds is 3. The van der Waals surface area contributed by atoms with Gasteiger partial charge in [0.1, 0.15) is 0 Å². The van der Waals surface area contributed by atoms with Crippen molar-refractivity contribution in [3.63, 3.8) is 0 Å². The van der Waals surface area contributed by atoms with Gasteiger partial charge in [0, 0.05) is 17.6 Å². The summed E-state index contributed by atoms with van der Waals surface area (Å²) in [4.78, 5) is 11.9. The van der Waals surface area contributed by atoms with Crippen molar-refractivity contribution in [2.24, 2.45) is 5.73 Å². The predicted molar refractivity (Wildman–Crippen MR) is 75.7 cm³/mol. The molecule has 1 aromatic rings. The highest BCUT2D eigenvalue weighted by Gasteiger charge is 2.15. The molecule has 18 heavy (non-hydrogen) atoms. The van der Waals surface area contributed by atoms with Crippen molar-refractivity contribution in [1.29, 1.82) is 0 Å². The molecule has 0 aromatic heterocycles. The Labute approximate surface area is 110 Å². The second-order valence-corrected chi connectivity index (χ2v) is 6.50. The van der Waals surface area contributed by atoms with Crippen molar-refractivity contribution in [3.05, 3.63) is 35.4 Å². The van der Waals surface area contributed by atoms with Gasteiger partial charge in [0.25, 0.3) is 5.91 Å². The van der Waals surface area contributed by atoms with Gasteiger partial charge in [-0.25, -0.2) is 0 Å². The molecule has 3 nitrogen and oxygen atoms in total. The van der Waals surface area contributed by atoms with E-state index in [9.17, 15) is 4.79 Å². The maximum absolute atomic E-state index is 11.9. The number of carbonyl (C=O) groups is 1. The van der Waals surface area contributed by atoms with Crippen LogP contribution in [0.1, 0.15) is 50.5 Å². The number of benzene rings is 1. The van der Waals surface area contributed by atoms with Gasteiger partial charge in [-0.3, -0.25) is 4.79 Å². The second kappa shape index (κ2) is 5.11. The zero-order chi connectivity index (χ0) is 14.0. The average molecular weight is 248 g/mol. The van der Waals surface area contributed by atoms with Gasteiger partial charge in [0.05, 0.1) is 0 Å². The molecule has 0 heterocycles. The van der Waals surface area contributed by atoms with Crippen LogP contribution in [0.3, 0.4) is 0 Å². The number of hydrogen-bond donors (Lipinski definition) is 2. The highest BCUT2D eigenvalue weighted by Crippen LogP contribution is 2.22. The van der Waals surface area contributed by atoms with E-state index in [1.165, 1.54) is 5.56 Å². The lowest BCUT2D eigenvalue weighted by Gasteiger charge is -2.20. The van der Waals surface area contributed by atoms with Gasteiger partial charge in [-0.1, -0.05) is 32.9 Å². The Bertz CT molecular complexity index is 408. The van der Waals surface area contributed by atoms with Crippen LogP contribution in [0.2, 0.25) is 0 Å². The Kier molecular flexibility index (Phi) is 4.17. The number of hydrogen-bond acceptors (Lipinski definition) is 2. The SMILES string of the molecule is CC(C)(N)CNC(=O)c1ccc(C(C)(C)C)cc1. The van der Waals surface area contributed by atoms with E-state index in [1.54, 1.807) is 0 Å². The summed E-state index contributed by atoms with van der Waals surface area (Å²) < 4.78 is 0. The Morgan fingerprint density at radius 3 is 2.00 bits per heavy atom. The Balaban J connectivity index is 2.71. The molecular weight excluding hydrogens is 224 g/mol. The highest BCUT2D eigenvalue weighted by atomic mass is 16.1. The van der Waals surface area contributed by atoms with Gasteiger partial charge >= 0.3 is 0 Å². The first kappa shape index (κ1) is 14.7. The molecule has 3 heteroatoms. The Morgan fingerprint density at radius 2 is 1.61 bits per heavy atom. The van der Waals surface area contributed by atoms with Crippen LogP contribution in [0.25, 0.3) is 0 Å². The van der Waals surface area contributed by atoms with E-state index >= 15 is 0 Å². The van der Waals surface area contributed by atoms with Crippen molar-refractivity contribution < 1.29 is 4.79 Å². The molecule has 0 aliphatic carbocycles. The fourth-order valence-corrected chi connectivity index (χ4v) is 1.53. The third kappa shape index (κ3) is 4.49. The zero-order valence-corrected chi connectivity index (χ0v) is 12.0. The number of amides is 1. The van der Waals surface area contributed by atoms with Crippen molar-refractivity contribution in [2.45, 2.75) is 45.6 Å². The maximum atomic E-state index is 11.9. The summed E-state index contributed by atoms with van der Waals surface area (Å²) >= 11 is 0. The summed E-state index contributed by atoms with van der Waals surface area (Å²) in [5.74, 6) is -0.0750. The van der Waals surface area contributed by atoms with Crippen LogP contribution in [0.5, 0.6) is 0 Å². The lowest BCUT2D eigenvalue weighted by atomic mass is 9.86. The van der Waals surface area contributed by atoms with Gasteiger partial charge in [0.2, 0.25) is 0 Å². The monoisotopic (exact) mass is 248 g/mol. The molecule has 100 valence electrons. The largest absolute Gasteiger partial charge is 0.350 e. The molecule has 1 amide bonds. The minimum Gasteiger partial charge on any atom is -0.350 e.